The Labute approximate surface area is 354 Å². The van der Waals surface area contributed by atoms with Crippen LogP contribution in [0.25, 0.3) is 22.3 Å². The average molecular weight is 833 g/mol. The van der Waals surface area contributed by atoms with Gasteiger partial charge in [-0.15, -0.1) is 0 Å². The number of aromatic nitrogens is 4. The zero-order valence-electron chi connectivity index (χ0n) is 34.5. The van der Waals surface area contributed by atoms with Crippen molar-refractivity contribution in [1.82, 2.24) is 40.4 Å². The van der Waals surface area contributed by atoms with Gasteiger partial charge in [0.05, 0.1) is 49.2 Å². The number of hydrogen-bond acceptors (Lipinski definition) is 10. The van der Waals surface area contributed by atoms with Crippen molar-refractivity contribution >= 4 is 35.0 Å². The second-order valence-corrected chi connectivity index (χ2v) is 16.1. The molecule has 4 N–H and O–H groups in total. The van der Waals surface area contributed by atoms with E-state index in [-0.39, 0.29) is 35.7 Å². The number of aromatic amines is 2. The van der Waals surface area contributed by atoms with Gasteiger partial charge in [0, 0.05) is 50.6 Å². The smallest absolute Gasteiger partial charge is 0.407 e. The van der Waals surface area contributed by atoms with Crippen molar-refractivity contribution in [2.24, 2.45) is 11.8 Å². The van der Waals surface area contributed by atoms with Gasteiger partial charge in [-0.1, -0.05) is 36.1 Å². The summed E-state index contributed by atoms with van der Waals surface area (Å²) < 4.78 is 20.8. The normalized spacial score (nSPS) is 20.8. The van der Waals surface area contributed by atoms with Crippen LogP contribution in [0.5, 0.6) is 0 Å². The van der Waals surface area contributed by atoms with Crippen LogP contribution in [0.3, 0.4) is 0 Å². The maximum absolute atomic E-state index is 14.0. The third kappa shape index (κ3) is 9.28. The number of rotatable bonds is 9. The number of methoxy groups -OCH3 is 2. The highest BCUT2D eigenvalue weighted by Gasteiger charge is 2.42. The zero-order chi connectivity index (χ0) is 42.5. The number of carbonyl (C=O) groups is 4. The van der Waals surface area contributed by atoms with Gasteiger partial charge < -0.3 is 49.3 Å². The molecule has 61 heavy (non-hydrogen) atoms. The quantitative estimate of drug-likeness (QED) is 0.130. The Bertz CT molecular complexity index is 2320. The van der Waals surface area contributed by atoms with E-state index < -0.39 is 24.3 Å². The molecule has 0 aliphatic carbocycles. The monoisotopic (exact) mass is 832 g/mol. The molecule has 0 radical (unpaired) electrons. The third-order valence-electron chi connectivity index (χ3n) is 12.3. The summed E-state index contributed by atoms with van der Waals surface area (Å²) in [5, 5.41) is 5.59. The fraction of sp³-hybridized carbons (Fsp3) is 0.467. The topological polar surface area (TPSA) is 193 Å². The standard InChI is InChI=1S/C45H52N8O8/c1-27-23-37(53(26-27)43(55)39(51-45(57)59-3)32-16-21-61-22-17-32)40-46-25-35(49-40)30-11-8-28(9-12-30)6-7-29-10-13-33-34(24-29)48-41(47-33)36-5-4-18-52(36)42(54)38(50-44(56)58-2)31-14-19-60-20-15-31/h8-13,24-25,31-32,36-39H,1,4-5,14-23,26H2,2-3H3,(H,46,49)(H,47,48)(H,50,56)(H,51,57)/t36-,37-,38+,39+/m0/s1. The lowest BCUT2D eigenvalue weighted by molar-refractivity contribution is -0.137. The molecule has 2 aromatic heterocycles. The number of hydrogen-bond donors (Lipinski definition) is 4. The summed E-state index contributed by atoms with van der Waals surface area (Å²) in [5.41, 5.74) is 5.87. The van der Waals surface area contributed by atoms with Crippen molar-refractivity contribution < 1.29 is 38.1 Å². The number of ether oxygens (including phenoxy) is 4. The fourth-order valence-electron chi connectivity index (χ4n) is 8.97. The second-order valence-electron chi connectivity index (χ2n) is 16.1. The first-order valence-electron chi connectivity index (χ1n) is 21.0. The van der Waals surface area contributed by atoms with Crippen molar-refractivity contribution in [3.63, 3.8) is 0 Å². The molecule has 8 rings (SSSR count). The average Bonchev–Trinajstić information content (AvgIpc) is 4.13. The van der Waals surface area contributed by atoms with E-state index in [0.29, 0.717) is 83.3 Å². The molecule has 16 heteroatoms. The number of alkyl carbamates (subject to hydrolysis) is 2. The van der Waals surface area contributed by atoms with Crippen molar-refractivity contribution in [2.45, 2.75) is 69.1 Å². The van der Waals surface area contributed by atoms with E-state index in [1.54, 1.807) is 11.1 Å². The molecule has 0 unspecified atom stereocenters. The van der Waals surface area contributed by atoms with Gasteiger partial charge in [0.15, 0.2) is 0 Å². The largest absolute Gasteiger partial charge is 0.453 e. The lowest BCUT2D eigenvalue weighted by Crippen LogP contribution is -2.53. The van der Waals surface area contributed by atoms with Gasteiger partial charge in [-0.3, -0.25) is 9.59 Å². The molecule has 4 saturated heterocycles. The molecular weight excluding hydrogens is 781 g/mol. The van der Waals surface area contributed by atoms with E-state index in [2.05, 4.69) is 39.0 Å². The molecule has 4 aliphatic rings. The highest BCUT2D eigenvalue weighted by molar-refractivity contribution is 5.88. The number of amides is 4. The molecule has 0 spiro atoms. The van der Waals surface area contributed by atoms with Crippen LogP contribution >= 0.6 is 0 Å². The van der Waals surface area contributed by atoms with Gasteiger partial charge in [0.2, 0.25) is 11.8 Å². The Balaban J connectivity index is 0.935. The third-order valence-corrected chi connectivity index (χ3v) is 12.3. The lowest BCUT2D eigenvalue weighted by atomic mass is 9.90. The minimum absolute atomic E-state index is 0.0402. The SMILES string of the molecule is C=C1C[C@@H](c2ncc(-c3ccc(C#Cc4ccc5nc([C@@H]6CCCN6C(=O)[C@H](NC(=O)OC)C6CCOCC6)[nH]c5c4)cc3)[nH]2)N(C(=O)[C@H](NC(=O)OC)C2CCOCC2)C1. The maximum atomic E-state index is 14.0. The summed E-state index contributed by atoms with van der Waals surface area (Å²) in [5.74, 6) is 7.46. The summed E-state index contributed by atoms with van der Waals surface area (Å²) >= 11 is 0. The van der Waals surface area contributed by atoms with Crippen LogP contribution in [0.2, 0.25) is 0 Å². The van der Waals surface area contributed by atoms with Crippen LogP contribution in [0.1, 0.15) is 79.8 Å². The van der Waals surface area contributed by atoms with Gasteiger partial charge in [-0.25, -0.2) is 19.6 Å². The molecule has 4 fully saturated rings. The van der Waals surface area contributed by atoms with Crippen LogP contribution in [-0.4, -0.2) is 120 Å². The first kappa shape index (κ1) is 41.5. The molecule has 4 aliphatic heterocycles. The van der Waals surface area contributed by atoms with E-state index in [0.717, 1.165) is 51.8 Å². The predicted molar refractivity (Wildman–Crippen MR) is 224 cm³/mol. The number of carbonyl (C=O) groups excluding carboxylic acids is 4. The minimum atomic E-state index is -0.744. The molecule has 4 amide bonds. The highest BCUT2D eigenvalue weighted by Crippen LogP contribution is 2.37. The Hall–Kier alpha value is -6.18. The number of benzene rings is 2. The summed E-state index contributed by atoms with van der Waals surface area (Å²) in [6, 6.07) is 11.6. The summed E-state index contributed by atoms with van der Waals surface area (Å²) in [7, 11) is 2.59. The van der Waals surface area contributed by atoms with E-state index in [1.165, 1.54) is 14.2 Å². The van der Waals surface area contributed by atoms with Crippen LogP contribution in [-0.2, 0) is 28.5 Å². The molecule has 2 aromatic carbocycles. The van der Waals surface area contributed by atoms with Crippen LogP contribution < -0.4 is 10.6 Å². The van der Waals surface area contributed by atoms with Crippen molar-refractivity contribution in [1.29, 1.82) is 0 Å². The van der Waals surface area contributed by atoms with Crippen molar-refractivity contribution in [2.75, 3.05) is 53.7 Å². The van der Waals surface area contributed by atoms with Gasteiger partial charge in [-0.2, -0.15) is 0 Å². The summed E-state index contributed by atoms with van der Waals surface area (Å²) in [6.07, 6.45) is 5.33. The second kappa shape index (κ2) is 18.6. The number of imidazole rings is 2. The molecule has 320 valence electrons. The predicted octanol–water partition coefficient (Wildman–Crippen LogP) is 5.15. The Morgan fingerprint density at radius 1 is 0.787 bits per heavy atom. The summed E-state index contributed by atoms with van der Waals surface area (Å²) in [6.45, 7) is 7.29. The Morgan fingerprint density at radius 2 is 1.39 bits per heavy atom. The number of likely N-dealkylation sites (tertiary alicyclic amines) is 2. The van der Waals surface area contributed by atoms with Gasteiger partial charge >= 0.3 is 12.2 Å². The van der Waals surface area contributed by atoms with E-state index in [4.69, 9.17) is 28.9 Å². The van der Waals surface area contributed by atoms with Crippen molar-refractivity contribution in [3.8, 4) is 23.1 Å². The van der Waals surface area contributed by atoms with Gasteiger partial charge in [-0.05, 0) is 92.7 Å². The number of nitrogens with zero attached hydrogens (tertiary/aromatic N) is 4. The molecular formula is C45H52N8O8. The molecule has 4 atom stereocenters. The number of H-pyrrole nitrogens is 2. The van der Waals surface area contributed by atoms with Gasteiger partial charge in [0.25, 0.3) is 0 Å². The Morgan fingerprint density at radius 3 is 2.03 bits per heavy atom. The van der Waals surface area contributed by atoms with E-state index in [9.17, 15) is 19.2 Å². The van der Waals surface area contributed by atoms with E-state index in [1.807, 2.05) is 47.4 Å². The van der Waals surface area contributed by atoms with E-state index >= 15 is 0 Å². The molecule has 0 bridgehead atoms. The molecule has 6 heterocycles. The molecule has 4 aromatic rings. The van der Waals surface area contributed by atoms with Gasteiger partial charge in [0.1, 0.15) is 23.7 Å². The maximum Gasteiger partial charge on any atom is 0.407 e. The first-order chi connectivity index (χ1) is 29.7. The highest BCUT2D eigenvalue weighted by atomic mass is 16.5. The fourth-order valence-corrected chi connectivity index (χ4v) is 8.97. The lowest BCUT2D eigenvalue weighted by Gasteiger charge is -2.34. The van der Waals surface area contributed by atoms with Crippen LogP contribution in [0.15, 0.2) is 60.8 Å². The van der Waals surface area contributed by atoms with Crippen molar-refractivity contribution in [3.05, 3.63) is 83.6 Å². The first-order valence-corrected chi connectivity index (χ1v) is 21.0. The van der Waals surface area contributed by atoms with Crippen LogP contribution in [0, 0.1) is 23.7 Å². The Kier molecular flexibility index (Phi) is 12.7. The minimum Gasteiger partial charge on any atom is -0.453 e. The number of nitrogens with one attached hydrogen (secondary N) is 4. The number of fused-ring (bicyclic) bond motifs is 1. The molecule has 0 saturated carbocycles. The summed E-state index contributed by atoms with van der Waals surface area (Å²) in [4.78, 5) is 72.6. The van der Waals surface area contributed by atoms with Crippen LogP contribution in [0.4, 0.5) is 9.59 Å². The molecule has 16 nitrogen and oxygen atoms in total. The zero-order valence-corrected chi connectivity index (χ0v) is 34.5.